The van der Waals surface area contributed by atoms with Gasteiger partial charge in [-0.3, -0.25) is 14.9 Å². The highest BCUT2D eigenvalue weighted by atomic mass is 32.1. The molecule has 1 amide bonds. The molecule has 4 rings (SSSR count). The fraction of sp³-hybridized carbons (Fsp3) is 0. The molecule has 0 atom stereocenters. The third-order valence-electron chi connectivity index (χ3n) is 3.94. The quantitative estimate of drug-likeness (QED) is 0.557. The molecule has 0 fully saturated rings. The van der Waals surface area contributed by atoms with E-state index in [1.807, 2.05) is 0 Å². The van der Waals surface area contributed by atoms with E-state index >= 15 is 0 Å². The molecule has 5 nitrogen and oxygen atoms in total. The molecule has 0 saturated carbocycles. The van der Waals surface area contributed by atoms with Gasteiger partial charge in [-0.1, -0.05) is 18.2 Å². The van der Waals surface area contributed by atoms with Crippen molar-refractivity contribution in [3.05, 3.63) is 81.5 Å². The monoisotopic (exact) mass is 383 g/mol. The Balaban J connectivity index is 1.64. The molecule has 0 aliphatic heterocycles. The standard InChI is InChI=1S/C19H11F2N3O2S/c20-13-6-5-10(7-14(13)21)16-9-27-19(23-16)24-18(26)12-8-17(25)22-15-4-2-1-3-11(12)15/h1-9H,(H,22,25)(H,23,24,26). The summed E-state index contributed by atoms with van der Waals surface area (Å²) in [6.07, 6.45) is 0. The van der Waals surface area contributed by atoms with Crippen LogP contribution in [0.4, 0.5) is 13.9 Å². The predicted octanol–water partition coefficient (Wildman–Crippen LogP) is 4.18. The highest BCUT2D eigenvalue weighted by Crippen LogP contribution is 2.26. The highest BCUT2D eigenvalue weighted by Gasteiger charge is 2.14. The number of amides is 1. The van der Waals surface area contributed by atoms with Gasteiger partial charge in [0, 0.05) is 27.9 Å². The summed E-state index contributed by atoms with van der Waals surface area (Å²) in [5.74, 6) is -2.40. The molecule has 27 heavy (non-hydrogen) atoms. The minimum Gasteiger partial charge on any atom is -0.322 e. The van der Waals surface area contributed by atoms with Crippen LogP contribution in [0.15, 0.2) is 58.7 Å². The van der Waals surface area contributed by atoms with Crippen LogP contribution in [0, 0.1) is 11.6 Å². The second-order valence-corrected chi connectivity index (χ2v) is 6.57. The number of hydrogen-bond acceptors (Lipinski definition) is 4. The van der Waals surface area contributed by atoms with Crippen LogP contribution < -0.4 is 10.9 Å². The zero-order valence-electron chi connectivity index (χ0n) is 13.6. The lowest BCUT2D eigenvalue weighted by Gasteiger charge is -2.05. The number of aromatic nitrogens is 2. The topological polar surface area (TPSA) is 74.8 Å². The minimum atomic E-state index is -0.971. The molecule has 134 valence electrons. The van der Waals surface area contributed by atoms with Crippen molar-refractivity contribution in [1.82, 2.24) is 9.97 Å². The van der Waals surface area contributed by atoms with Gasteiger partial charge in [-0.15, -0.1) is 11.3 Å². The van der Waals surface area contributed by atoms with E-state index < -0.39 is 17.5 Å². The van der Waals surface area contributed by atoms with Crippen molar-refractivity contribution >= 4 is 33.3 Å². The first-order chi connectivity index (χ1) is 13.0. The lowest BCUT2D eigenvalue weighted by molar-refractivity contribution is 0.102. The molecule has 4 aromatic rings. The summed E-state index contributed by atoms with van der Waals surface area (Å²) in [6.45, 7) is 0. The fourth-order valence-electron chi connectivity index (χ4n) is 2.68. The van der Waals surface area contributed by atoms with E-state index in [9.17, 15) is 18.4 Å². The second kappa shape index (κ2) is 6.73. The number of carbonyl (C=O) groups is 1. The molecule has 2 N–H and O–H groups in total. The summed E-state index contributed by atoms with van der Waals surface area (Å²) in [4.78, 5) is 31.3. The molecule has 0 radical (unpaired) electrons. The van der Waals surface area contributed by atoms with E-state index in [4.69, 9.17) is 0 Å². The zero-order chi connectivity index (χ0) is 19.0. The third-order valence-corrected chi connectivity index (χ3v) is 4.69. The average Bonchev–Trinajstić information content (AvgIpc) is 3.11. The number of thiazole rings is 1. The number of fused-ring (bicyclic) bond motifs is 1. The van der Waals surface area contributed by atoms with Crippen molar-refractivity contribution in [3.8, 4) is 11.3 Å². The number of carbonyl (C=O) groups excluding carboxylic acids is 1. The van der Waals surface area contributed by atoms with Crippen LogP contribution in [0.5, 0.6) is 0 Å². The van der Waals surface area contributed by atoms with Gasteiger partial charge in [-0.25, -0.2) is 13.8 Å². The number of anilines is 1. The minimum absolute atomic E-state index is 0.221. The van der Waals surface area contributed by atoms with Gasteiger partial charge in [0.15, 0.2) is 16.8 Å². The molecule has 8 heteroatoms. The van der Waals surface area contributed by atoms with Crippen LogP contribution in [0.1, 0.15) is 10.4 Å². The number of pyridine rings is 1. The van der Waals surface area contributed by atoms with E-state index in [0.29, 0.717) is 22.2 Å². The van der Waals surface area contributed by atoms with Crippen molar-refractivity contribution in [3.63, 3.8) is 0 Å². The van der Waals surface area contributed by atoms with Gasteiger partial charge < -0.3 is 4.98 Å². The van der Waals surface area contributed by atoms with Crippen molar-refractivity contribution in [2.24, 2.45) is 0 Å². The van der Waals surface area contributed by atoms with Gasteiger partial charge in [-0.05, 0) is 24.3 Å². The summed E-state index contributed by atoms with van der Waals surface area (Å²) in [7, 11) is 0. The number of hydrogen-bond donors (Lipinski definition) is 2. The molecular weight excluding hydrogens is 372 g/mol. The maximum absolute atomic E-state index is 13.4. The third kappa shape index (κ3) is 3.34. The van der Waals surface area contributed by atoms with Crippen molar-refractivity contribution in [2.75, 3.05) is 5.32 Å². The van der Waals surface area contributed by atoms with Crippen LogP contribution in [0.2, 0.25) is 0 Å². The van der Waals surface area contributed by atoms with E-state index in [-0.39, 0.29) is 16.3 Å². The van der Waals surface area contributed by atoms with Crippen LogP contribution >= 0.6 is 11.3 Å². The largest absolute Gasteiger partial charge is 0.322 e. The predicted molar refractivity (Wildman–Crippen MR) is 100.0 cm³/mol. The Morgan fingerprint density at radius 2 is 1.89 bits per heavy atom. The fourth-order valence-corrected chi connectivity index (χ4v) is 3.39. The molecule has 0 bridgehead atoms. The van der Waals surface area contributed by atoms with Crippen LogP contribution in [-0.4, -0.2) is 15.9 Å². The highest BCUT2D eigenvalue weighted by molar-refractivity contribution is 7.14. The van der Waals surface area contributed by atoms with E-state index in [2.05, 4.69) is 15.3 Å². The molecular formula is C19H11F2N3O2S. The summed E-state index contributed by atoms with van der Waals surface area (Å²) in [5.41, 5.74) is 1.19. The number of benzene rings is 2. The van der Waals surface area contributed by atoms with Crippen LogP contribution in [0.25, 0.3) is 22.2 Å². The molecule has 0 aliphatic rings. The van der Waals surface area contributed by atoms with E-state index in [0.717, 1.165) is 23.5 Å². The Bertz CT molecular complexity index is 1230. The number of H-pyrrole nitrogens is 1. The van der Waals surface area contributed by atoms with Gasteiger partial charge >= 0.3 is 0 Å². The first-order valence-corrected chi connectivity index (χ1v) is 8.73. The van der Waals surface area contributed by atoms with Crippen molar-refractivity contribution in [2.45, 2.75) is 0 Å². The second-order valence-electron chi connectivity index (χ2n) is 5.71. The Labute approximate surface area is 155 Å². The molecule has 0 saturated heterocycles. The number of halogens is 2. The molecule has 2 heterocycles. The SMILES string of the molecule is O=C(Nc1nc(-c2ccc(F)c(F)c2)cs1)c1cc(=O)[nH]c2ccccc12. The Morgan fingerprint density at radius 1 is 1.07 bits per heavy atom. The van der Waals surface area contributed by atoms with Crippen molar-refractivity contribution in [1.29, 1.82) is 0 Å². The maximum Gasteiger partial charge on any atom is 0.258 e. The summed E-state index contributed by atoms with van der Waals surface area (Å²) in [5, 5.41) is 5.15. The van der Waals surface area contributed by atoms with E-state index in [1.165, 1.54) is 12.1 Å². The first-order valence-electron chi connectivity index (χ1n) is 7.85. The summed E-state index contributed by atoms with van der Waals surface area (Å²) in [6, 6.07) is 11.7. The Hall–Kier alpha value is -3.39. The Kier molecular flexibility index (Phi) is 4.25. The molecule has 2 aromatic carbocycles. The summed E-state index contributed by atoms with van der Waals surface area (Å²) >= 11 is 1.14. The smallest absolute Gasteiger partial charge is 0.258 e. The number of rotatable bonds is 3. The van der Waals surface area contributed by atoms with Gasteiger partial charge in [0.1, 0.15) is 0 Å². The van der Waals surface area contributed by atoms with E-state index in [1.54, 1.807) is 29.6 Å². The number of nitrogens with zero attached hydrogens (tertiary/aromatic N) is 1. The van der Waals surface area contributed by atoms with Gasteiger partial charge in [0.2, 0.25) is 5.56 Å². The van der Waals surface area contributed by atoms with Gasteiger partial charge in [0.25, 0.3) is 5.91 Å². The molecule has 0 spiro atoms. The molecule has 0 unspecified atom stereocenters. The number of aromatic amines is 1. The lowest BCUT2D eigenvalue weighted by atomic mass is 10.1. The average molecular weight is 383 g/mol. The molecule has 0 aliphatic carbocycles. The lowest BCUT2D eigenvalue weighted by Crippen LogP contribution is -2.16. The van der Waals surface area contributed by atoms with Crippen LogP contribution in [-0.2, 0) is 0 Å². The normalized spacial score (nSPS) is 10.9. The Morgan fingerprint density at radius 3 is 2.70 bits per heavy atom. The van der Waals surface area contributed by atoms with Gasteiger partial charge in [-0.2, -0.15) is 0 Å². The first kappa shape index (κ1) is 17.0. The summed E-state index contributed by atoms with van der Waals surface area (Å²) < 4.78 is 26.4. The zero-order valence-corrected chi connectivity index (χ0v) is 14.4. The van der Waals surface area contributed by atoms with Crippen LogP contribution in [0.3, 0.4) is 0 Å². The molecule has 2 aromatic heterocycles. The maximum atomic E-state index is 13.4. The number of para-hydroxylation sites is 1. The van der Waals surface area contributed by atoms with Crippen molar-refractivity contribution < 1.29 is 13.6 Å². The number of nitrogens with one attached hydrogen (secondary N) is 2. The van der Waals surface area contributed by atoms with Gasteiger partial charge in [0.05, 0.1) is 11.3 Å².